The Balaban J connectivity index is 2.47. The van der Waals surface area contributed by atoms with Gasteiger partial charge in [-0.3, -0.25) is 10.1 Å². The lowest BCUT2D eigenvalue weighted by Crippen LogP contribution is -2.25. The number of hydrogen-bond donors (Lipinski definition) is 1. The van der Waals surface area contributed by atoms with Crippen molar-refractivity contribution in [3.63, 3.8) is 0 Å². The zero-order chi connectivity index (χ0) is 14.3. The molecule has 1 rings (SSSR count). The molecular weight excluding hydrogens is 268 g/mol. The van der Waals surface area contributed by atoms with Crippen LogP contribution in [0.2, 0.25) is 5.02 Å². The van der Waals surface area contributed by atoms with Crippen molar-refractivity contribution in [2.45, 2.75) is 20.3 Å². The fourth-order valence-electron chi connectivity index (χ4n) is 1.54. The van der Waals surface area contributed by atoms with Gasteiger partial charge in [0.2, 0.25) is 0 Å². The molecule has 1 atom stereocenters. The maximum absolute atomic E-state index is 10.6. The Morgan fingerprint density at radius 2 is 2.26 bits per heavy atom. The van der Waals surface area contributed by atoms with E-state index in [9.17, 15) is 10.1 Å². The van der Waals surface area contributed by atoms with Crippen LogP contribution in [-0.2, 0) is 0 Å². The Labute approximate surface area is 118 Å². The van der Waals surface area contributed by atoms with Crippen LogP contribution in [-0.4, -0.2) is 24.6 Å². The highest BCUT2D eigenvalue weighted by Gasteiger charge is 2.11. The van der Waals surface area contributed by atoms with E-state index in [0.29, 0.717) is 18.3 Å². The van der Waals surface area contributed by atoms with Crippen LogP contribution in [0, 0.1) is 16.0 Å². The minimum atomic E-state index is -0.479. The van der Waals surface area contributed by atoms with Crippen LogP contribution < -0.4 is 10.1 Å². The van der Waals surface area contributed by atoms with Crippen LogP contribution in [0.3, 0.4) is 0 Å². The van der Waals surface area contributed by atoms with Gasteiger partial charge in [-0.1, -0.05) is 25.4 Å². The van der Waals surface area contributed by atoms with Crippen molar-refractivity contribution >= 4 is 17.3 Å². The van der Waals surface area contributed by atoms with Gasteiger partial charge in [-0.15, -0.1) is 0 Å². The van der Waals surface area contributed by atoms with E-state index < -0.39 is 4.92 Å². The second-order valence-corrected chi connectivity index (χ2v) is 4.90. The highest BCUT2D eigenvalue weighted by Crippen LogP contribution is 2.28. The number of non-ortho nitro benzene ring substituents is 1. The van der Waals surface area contributed by atoms with Gasteiger partial charge in [-0.2, -0.15) is 0 Å². The predicted molar refractivity (Wildman–Crippen MR) is 75.9 cm³/mol. The Bertz CT molecular complexity index is 426. The summed E-state index contributed by atoms with van der Waals surface area (Å²) in [6.45, 7) is 6.57. The fraction of sp³-hybridized carbons (Fsp3) is 0.538. The summed E-state index contributed by atoms with van der Waals surface area (Å²) in [6, 6.07) is 4.23. The summed E-state index contributed by atoms with van der Waals surface area (Å²) in [7, 11) is 0. The first-order valence-electron chi connectivity index (χ1n) is 6.32. The molecule has 1 aromatic rings. The van der Waals surface area contributed by atoms with E-state index in [1.54, 1.807) is 0 Å². The van der Waals surface area contributed by atoms with Gasteiger partial charge in [0.1, 0.15) is 5.75 Å². The topological polar surface area (TPSA) is 64.4 Å². The normalized spacial score (nSPS) is 12.2. The summed E-state index contributed by atoms with van der Waals surface area (Å²) < 4.78 is 5.57. The Hall–Kier alpha value is -1.33. The first-order valence-corrected chi connectivity index (χ1v) is 6.69. The molecule has 0 amide bonds. The van der Waals surface area contributed by atoms with Crippen LogP contribution >= 0.6 is 11.6 Å². The fourth-order valence-corrected chi connectivity index (χ4v) is 1.77. The minimum Gasteiger partial charge on any atom is -0.492 e. The zero-order valence-corrected chi connectivity index (χ0v) is 11.9. The molecule has 106 valence electrons. The van der Waals surface area contributed by atoms with Gasteiger partial charge < -0.3 is 10.1 Å². The van der Waals surface area contributed by atoms with Crippen molar-refractivity contribution in [1.82, 2.24) is 5.32 Å². The number of nitrogens with one attached hydrogen (secondary N) is 1. The molecule has 0 aliphatic carbocycles. The molecule has 0 aliphatic rings. The van der Waals surface area contributed by atoms with Crippen LogP contribution in [0.4, 0.5) is 5.69 Å². The number of halogens is 1. The van der Waals surface area contributed by atoms with E-state index >= 15 is 0 Å². The molecule has 0 fully saturated rings. The summed E-state index contributed by atoms with van der Waals surface area (Å²) in [6.07, 6.45) is 1.10. The molecule has 0 saturated heterocycles. The van der Waals surface area contributed by atoms with Crippen LogP contribution in [0.25, 0.3) is 0 Å². The van der Waals surface area contributed by atoms with Crippen molar-refractivity contribution in [1.29, 1.82) is 0 Å². The molecule has 0 radical (unpaired) electrons. The van der Waals surface area contributed by atoms with E-state index in [1.165, 1.54) is 18.2 Å². The van der Waals surface area contributed by atoms with Crippen LogP contribution in [0.1, 0.15) is 20.3 Å². The maximum Gasteiger partial charge on any atom is 0.271 e. The van der Waals surface area contributed by atoms with Crippen LogP contribution in [0.15, 0.2) is 18.2 Å². The Kier molecular flexibility index (Phi) is 6.59. The first kappa shape index (κ1) is 15.7. The van der Waals surface area contributed by atoms with Gasteiger partial charge in [0.15, 0.2) is 0 Å². The average Bonchev–Trinajstić information content (AvgIpc) is 2.37. The number of nitro groups is 1. The molecular formula is C13H19ClN2O3. The summed E-state index contributed by atoms with van der Waals surface area (Å²) in [5.74, 6) is 0.826. The number of benzene rings is 1. The third-order valence-electron chi connectivity index (χ3n) is 2.57. The van der Waals surface area contributed by atoms with Gasteiger partial charge in [0.25, 0.3) is 5.69 Å². The lowest BCUT2D eigenvalue weighted by atomic mass is 10.2. The second kappa shape index (κ2) is 7.96. The lowest BCUT2D eigenvalue weighted by Gasteiger charge is -2.14. The van der Waals surface area contributed by atoms with E-state index in [1.807, 2.05) is 0 Å². The minimum absolute atomic E-state index is 0.0324. The largest absolute Gasteiger partial charge is 0.492 e. The molecule has 0 saturated carbocycles. The zero-order valence-electron chi connectivity index (χ0n) is 11.2. The monoisotopic (exact) mass is 286 g/mol. The molecule has 1 aromatic carbocycles. The summed E-state index contributed by atoms with van der Waals surface area (Å²) in [4.78, 5) is 10.1. The lowest BCUT2D eigenvalue weighted by molar-refractivity contribution is -0.384. The standard InChI is InChI=1S/C13H19ClN2O3/c1-3-6-15-8-10(2)9-19-13-5-4-11(16(17)18)7-12(13)14/h4-5,7,10,15H,3,6,8-9H2,1-2H3. The number of hydrogen-bond acceptors (Lipinski definition) is 4. The maximum atomic E-state index is 10.6. The second-order valence-electron chi connectivity index (χ2n) is 4.49. The Morgan fingerprint density at radius 3 is 2.84 bits per heavy atom. The highest BCUT2D eigenvalue weighted by molar-refractivity contribution is 6.32. The molecule has 1 unspecified atom stereocenters. The molecule has 0 spiro atoms. The average molecular weight is 287 g/mol. The number of ether oxygens (including phenoxy) is 1. The Morgan fingerprint density at radius 1 is 1.53 bits per heavy atom. The van der Waals surface area contributed by atoms with Gasteiger partial charge in [-0.05, 0) is 19.0 Å². The number of nitrogens with zero attached hydrogens (tertiary/aromatic N) is 1. The molecule has 1 N–H and O–H groups in total. The predicted octanol–water partition coefficient (Wildman–Crippen LogP) is 3.26. The summed E-state index contributed by atoms with van der Waals surface area (Å²) in [5.41, 5.74) is -0.0324. The van der Waals surface area contributed by atoms with Crippen molar-refractivity contribution in [3.05, 3.63) is 33.3 Å². The quantitative estimate of drug-likeness (QED) is 0.452. The van der Waals surface area contributed by atoms with Gasteiger partial charge in [0, 0.05) is 24.6 Å². The smallest absolute Gasteiger partial charge is 0.271 e. The third-order valence-corrected chi connectivity index (χ3v) is 2.86. The van der Waals surface area contributed by atoms with Crippen LogP contribution in [0.5, 0.6) is 5.75 Å². The van der Waals surface area contributed by atoms with E-state index in [-0.39, 0.29) is 10.7 Å². The summed E-state index contributed by atoms with van der Waals surface area (Å²) in [5, 5.41) is 14.1. The van der Waals surface area contributed by atoms with Gasteiger partial charge in [0.05, 0.1) is 16.6 Å². The molecule has 5 nitrogen and oxygen atoms in total. The van der Waals surface area contributed by atoms with E-state index in [2.05, 4.69) is 19.2 Å². The van der Waals surface area contributed by atoms with Crippen molar-refractivity contribution in [3.8, 4) is 5.75 Å². The van der Waals surface area contributed by atoms with Crippen molar-refractivity contribution in [2.75, 3.05) is 19.7 Å². The molecule has 0 heterocycles. The van der Waals surface area contributed by atoms with Gasteiger partial charge >= 0.3 is 0 Å². The molecule has 0 aliphatic heterocycles. The first-order chi connectivity index (χ1) is 9.04. The number of rotatable bonds is 8. The third kappa shape index (κ3) is 5.44. The van der Waals surface area contributed by atoms with Crippen molar-refractivity contribution in [2.24, 2.45) is 5.92 Å². The molecule has 0 aromatic heterocycles. The number of nitro benzene ring substituents is 1. The highest BCUT2D eigenvalue weighted by atomic mass is 35.5. The molecule has 19 heavy (non-hydrogen) atoms. The van der Waals surface area contributed by atoms with Gasteiger partial charge in [-0.25, -0.2) is 0 Å². The summed E-state index contributed by atoms with van der Waals surface area (Å²) >= 11 is 5.94. The van der Waals surface area contributed by atoms with E-state index in [0.717, 1.165) is 19.5 Å². The van der Waals surface area contributed by atoms with E-state index in [4.69, 9.17) is 16.3 Å². The molecule has 6 heteroatoms. The SMILES string of the molecule is CCCNCC(C)COc1ccc([N+](=O)[O-])cc1Cl. The van der Waals surface area contributed by atoms with Crippen molar-refractivity contribution < 1.29 is 9.66 Å². The molecule has 0 bridgehead atoms.